The van der Waals surface area contributed by atoms with Crippen LogP contribution in [-0.4, -0.2) is 47.4 Å². The summed E-state index contributed by atoms with van der Waals surface area (Å²) in [6, 6.07) is -0.441. The lowest BCUT2D eigenvalue weighted by atomic mass is 10.1. The fourth-order valence-electron chi connectivity index (χ4n) is 2.34. The summed E-state index contributed by atoms with van der Waals surface area (Å²) in [4.78, 5) is 42.0. The SMILES string of the molecule is CCOC(=O)[C@H]1CC[C@@H](CC)N1C(=O)OC(C)(C)C.O=C=O. The molecule has 7 heteroatoms. The molecule has 7 nitrogen and oxygen atoms in total. The lowest BCUT2D eigenvalue weighted by molar-refractivity contribution is -0.191. The first-order valence-electron chi connectivity index (χ1n) is 7.39. The van der Waals surface area contributed by atoms with Crippen molar-refractivity contribution in [2.24, 2.45) is 0 Å². The van der Waals surface area contributed by atoms with Crippen molar-refractivity contribution in [2.45, 2.75) is 71.6 Å². The summed E-state index contributed by atoms with van der Waals surface area (Å²) in [5.41, 5.74) is -0.558. The first kappa shape index (κ1) is 20.1. The van der Waals surface area contributed by atoms with E-state index in [2.05, 4.69) is 0 Å². The van der Waals surface area contributed by atoms with Crippen LogP contribution in [0.3, 0.4) is 0 Å². The van der Waals surface area contributed by atoms with Gasteiger partial charge >= 0.3 is 18.2 Å². The van der Waals surface area contributed by atoms with Gasteiger partial charge in [0.2, 0.25) is 0 Å². The highest BCUT2D eigenvalue weighted by Crippen LogP contribution is 2.29. The molecule has 0 aromatic heterocycles. The summed E-state index contributed by atoms with van der Waals surface area (Å²) in [7, 11) is 0. The number of hydrogen-bond acceptors (Lipinski definition) is 6. The maximum Gasteiger partial charge on any atom is 0.411 e. The summed E-state index contributed by atoms with van der Waals surface area (Å²) in [6.45, 7) is 9.57. The zero-order valence-electron chi connectivity index (χ0n) is 13.9. The molecule has 1 saturated heterocycles. The average molecular weight is 315 g/mol. The van der Waals surface area contributed by atoms with Crippen LogP contribution in [0.1, 0.15) is 53.9 Å². The summed E-state index contributed by atoms with van der Waals surface area (Å²) >= 11 is 0. The van der Waals surface area contributed by atoms with Gasteiger partial charge in [0, 0.05) is 6.04 Å². The van der Waals surface area contributed by atoms with Crippen LogP contribution >= 0.6 is 0 Å². The number of carbonyl (C=O) groups is 2. The molecule has 0 aromatic rings. The lowest BCUT2D eigenvalue weighted by Crippen LogP contribution is -2.47. The van der Waals surface area contributed by atoms with E-state index in [1.807, 2.05) is 27.7 Å². The van der Waals surface area contributed by atoms with Crippen LogP contribution in [0.2, 0.25) is 0 Å². The third kappa shape index (κ3) is 6.26. The van der Waals surface area contributed by atoms with E-state index < -0.39 is 17.7 Å². The molecule has 1 aliphatic rings. The van der Waals surface area contributed by atoms with Crippen molar-refractivity contribution >= 4 is 18.2 Å². The normalized spacial score (nSPS) is 20.5. The summed E-state index contributed by atoms with van der Waals surface area (Å²) in [5, 5.41) is 0. The van der Waals surface area contributed by atoms with Crippen LogP contribution in [0, 0.1) is 0 Å². The van der Waals surface area contributed by atoms with E-state index in [1.165, 1.54) is 0 Å². The van der Waals surface area contributed by atoms with Gasteiger partial charge in [0.15, 0.2) is 0 Å². The van der Waals surface area contributed by atoms with Crippen molar-refractivity contribution in [1.29, 1.82) is 0 Å². The van der Waals surface area contributed by atoms with E-state index in [-0.39, 0.29) is 18.2 Å². The van der Waals surface area contributed by atoms with Crippen LogP contribution in [0.15, 0.2) is 0 Å². The molecule has 1 rings (SSSR count). The van der Waals surface area contributed by atoms with Crippen LogP contribution in [0.4, 0.5) is 4.79 Å². The minimum absolute atomic E-state index is 0.0595. The van der Waals surface area contributed by atoms with Gasteiger partial charge in [0.1, 0.15) is 11.6 Å². The highest BCUT2D eigenvalue weighted by atomic mass is 16.6. The fraction of sp³-hybridized carbons (Fsp3) is 0.800. The molecule has 1 aliphatic heterocycles. The van der Waals surface area contributed by atoms with Gasteiger partial charge in [0.05, 0.1) is 6.61 Å². The number of amides is 1. The van der Waals surface area contributed by atoms with E-state index >= 15 is 0 Å². The monoisotopic (exact) mass is 315 g/mol. The molecule has 0 radical (unpaired) electrons. The third-order valence-corrected chi connectivity index (χ3v) is 3.14. The van der Waals surface area contributed by atoms with Crippen LogP contribution in [0.25, 0.3) is 0 Å². The highest BCUT2D eigenvalue weighted by Gasteiger charge is 2.42. The van der Waals surface area contributed by atoms with E-state index in [1.54, 1.807) is 11.8 Å². The molecule has 126 valence electrons. The minimum Gasteiger partial charge on any atom is -0.464 e. The Kier molecular flexibility index (Phi) is 8.42. The zero-order valence-corrected chi connectivity index (χ0v) is 13.9. The Labute approximate surface area is 130 Å². The van der Waals surface area contributed by atoms with Crippen molar-refractivity contribution in [3.63, 3.8) is 0 Å². The molecule has 1 amide bonds. The number of likely N-dealkylation sites (tertiary alicyclic amines) is 1. The Morgan fingerprint density at radius 2 is 1.73 bits per heavy atom. The molecule has 0 saturated carbocycles. The molecular weight excluding hydrogens is 290 g/mol. The molecule has 0 aromatic carbocycles. The predicted octanol–water partition coefficient (Wildman–Crippen LogP) is 2.14. The molecule has 0 N–H and O–H groups in total. The van der Waals surface area contributed by atoms with Crippen molar-refractivity contribution in [2.75, 3.05) is 6.61 Å². The molecular formula is C15H25NO6. The van der Waals surface area contributed by atoms with Crippen LogP contribution < -0.4 is 0 Å². The topological polar surface area (TPSA) is 90.0 Å². The van der Waals surface area contributed by atoms with Crippen molar-refractivity contribution in [1.82, 2.24) is 4.90 Å². The Hall–Kier alpha value is -1.88. The predicted molar refractivity (Wildman–Crippen MR) is 76.8 cm³/mol. The molecule has 22 heavy (non-hydrogen) atoms. The van der Waals surface area contributed by atoms with E-state index in [4.69, 9.17) is 19.1 Å². The molecule has 1 fully saturated rings. The number of esters is 1. The first-order valence-corrected chi connectivity index (χ1v) is 7.39. The second kappa shape index (κ2) is 9.20. The van der Waals surface area contributed by atoms with E-state index in [9.17, 15) is 9.59 Å². The molecule has 0 unspecified atom stereocenters. The highest BCUT2D eigenvalue weighted by molar-refractivity contribution is 5.82. The second-order valence-electron chi connectivity index (χ2n) is 5.88. The molecule has 0 spiro atoms. The summed E-state index contributed by atoms with van der Waals surface area (Å²) in [6.07, 6.45) is 2.11. The maximum absolute atomic E-state index is 12.2. The third-order valence-electron chi connectivity index (χ3n) is 3.14. The van der Waals surface area contributed by atoms with Crippen LogP contribution in [0.5, 0.6) is 0 Å². The Morgan fingerprint density at radius 3 is 2.14 bits per heavy atom. The number of carbonyl (C=O) groups excluding carboxylic acids is 4. The van der Waals surface area contributed by atoms with Gasteiger partial charge in [-0.25, -0.2) is 9.59 Å². The molecule has 1 heterocycles. The quantitative estimate of drug-likeness (QED) is 0.741. The Morgan fingerprint density at radius 1 is 1.18 bits per heavy atom. The fourth-order valence-corrected chi connectivity index (χ4v) is 2.34. The lowest BCUT2D eigenvalue weighted by Gasteiger charge is -2.31. The number of ether oxygens (including phenoxy) is 2. The summed E-state index contributed by atoms with van der Waals surface area (Å²) < 4.78 is 10.4. The van der Waals surface area contributed by atoms with E-state index in [0.29, 0.717) is 13.0 Å². The van der Waals surface area contributed by atoms with Gasteiger partial charge in [0.25, 0.3) is 0 Å². The van der Waals surface area contributed by atoms with E-state index in [0.717, 1.165) is 12.8 Å². The Bertz CT molecular complexity index is 409. The average Bonchev–Trinajstić information content (AvgIpc) is 2.81. The van der Waals surface area contributed by atoms with Crippen molar-refractivity contribution in [3.05, 3.63) is 0 Å². The van der Waals surface area contributed by atoms with Gasteiger partial charge in [-0.15, -0.1) is 0 Å². The maximum atomic E-state index is 12.2. The number of hydrogen-bond donors (Lipinski definition) is 0. The van der Waals surface area contributed by atoms with Gasteiger partial charge in [-0.1, -0.05) is 6.92 Å². The minimum atomic E-state index is -0.558. The summed E-state index contributed by atoms with van der Waals surface area (Å²) in [5.74, 6) is -0.329. The van der Waals surface area contributed by atoms with Gasteiger partial charge in [-0.3, -0.25) is 4.90 Å². The molecule has 0 aliphatic carbocycles. The van der Waals surface area contributed by atoms with Gasteiger partial charge < -0.3 is 9.47 Å². The van der Waals surface area contributed by atoms with Gasteiger partial charge in [-0.05, 0) is 47.0 Å². The largest absolute Gasteiger partial charge is 0.464 e. The Balaban J connectivity index is 0.00000135. The van der Waals surface area contributed by atoms with Crippen molar-refractivity contribution in [3.8, 4) is 0 Å². The standard InChI is InChI=1S/C14H25NO4.CO2/c1-6-10-8-9-11(12(16)18-7-2)15(10)13(17)19-14(3,4)5;2-1-3/h10-11H,6-9H2,1-5H3;/t10-,11-;/m1./s1. The smallest absolute Gasteiger partial charge is 0.411 e. The number of nitrogens with zero attached hydrogens (tertiary/aromatic N) is 1. The van der Waals surface area contributed by atoms with Crippen molar-refractivity contribution < 1.29 is 28.7 Å². The van der Waals surface area contributed by atoms with Gasteiger partial charge in [-0.2, -0.15) is 9.59 Å². The molecule has 0 bridgehead atoms. The molecule has 2 atom stereocenters. The zero-order chi connectivity index (χ0) is 17.3. The second-order valence-corrected chi connectivity index (χ2v) is 5.88. The van der Waals surface area contributed by atoms with Crippen LogP contribution in [-0.2, 0) is 23.9 Å². The number of rotatable bonds is 3. The first-order chi connectivity index (χ1) is 10.2.